The fraction of sp³-hybridized carbons (Fsp3) is 0.333. The van der Waals surface area contributed by atoms with Crippen molar-refractivity contribution in [2.75, 3.05) is 0 Å². The van der Waals surface area contributed by atoms with E-state index < -0.39 is 29.8 Å². The van der Waals surface area contributed by atoms with E-state index in [1.807, 2.05) is 0 Å². The zero-order valence-corrected chi connectivity index (χ0v) is 6.58. The summed E-state index contributed by atoms with van der Waals surface area (Å²) in [4.78, 5) is 13.2. The zero-order valence-electron chi connectivity index (χ0n) is 6.58. The predicted octanol–water partition coefficient (Wildman–Crippen LogP) is 0.778. The average molecular weight is 210 g/mol. The molecule has 0 bridgehead atoms. The van der Waals surface area contributed by atoms with Gasteiger partial charge in [-0.25, -0.2) is 4.98 Å². The standard InChI is InChI=1S/C6H5F3N2O3/c7-6(8,9)5-11-2(1-14-5)3(10)4(12)13/h1,3H,10H2,(H,12,13). The number of aromatic nitrogens is 1. The number of nitrogens with two attached hydrogens (primary N) is 1. The van der Waals surface area contributed by atoms with Crippen LogP contribution < -0.4 is 5.73 Å². The number of hydrogen-bond acceptors (Lipinski definition) is 4. The lowest BCUT2D eigenvalue weighted by Crippen LogP contribution is -2.21. The van der Waals surface area contributed by atoms with E-state index in [0.29, 0.717) is 6.26 Å². The van der Waals surface area contributed by atoms with Crippen molar-refractivity contribution in [2.45, 2.75) is 12.2 Å². The molecule has 14 heavy (non-hydrogen) atoms. The summed E-state index contributed by atoms with van der Waals surface area (Å²) in [6.07, 6.45) is -4.17. The average Bonchev–Trinajstić information content (AvgIpc) is 2.49. The van der Waals surface area contributed by atoms with Crippen LogP contribution in [0.5, 0.6) is 0 Å². The third-order valence-electron chi connectivity index (χ3n) is 1.35. The van der Waals surface area contributed by atoms with Crippen LogP contribution in [-0.2, 0) is 11.0 Å². The molecule has 1 unspecified atom stereocenters. The second-order valence-electron chi connectivity index (χ2n) is 2.39. The van der Waals surface area contributed by atoms with Gasteiger partial charge in [-0.3, -0.25) is 4.79 Å². The first-order chi connectivity index (χ1) is 6.32. The topological polar surface area (TPSA) is 89.4 Å². The van der Waals surface area contributed by atoms with Crippen LogP contribution in [0.4, 0.5) is 13.2 Å². The van der Waals surface area contributed by atoms with Crippen LogP contribution in [0.3, 0.4) is 0 Å². The highest BCUT2D eigenvalue weighted by Crippen LogP contribution is 2.29. The van der Waals surface area contributed by atoms with Crippen LogP contribution >= 0.6 is 0 Å². The molecule has 0 radical (unpaired) electrons. The van der Waals surface area contributed by atoms with Gasteiger partial charge in [0, 0.05) is 0 Å². The van der Waals surface area contributed by atoms with E-state index in [2.05, 4.69) is 9.40 Å². The van der Waals surface area contributed by atoms with E-state index in [0.717, 1.165) is 0 Å². The fourth-order valence-electron chi connectivity index (χ4n) is 0.686. The lowest BCUT2D eigenvalue weighted by molar-refractivity contribution is -0.157. The molecule has 0 aliphatic rings. The molecule has 0 saturated carbocycles. The van der Waals surface area contributed by atoms with Gasteiger partial charge in [0.15, 0.2) is 0 Å². The van der Waals surface area contributed by atoms with Gasteiger partial charge in [0.1, 0.15) is 18.0 Å². The van der Waals surface area contributed by atoms with Crippen molar-refractivity contribution >= 4 is 5.97 Å². The van der Waals surface area contributed by atoms with E-state index in [1.165, 1.54) is 0 Å². The van der Waals surface area contributed by atoms with Crippen LogP contribution in [0.1, 0.15) is 17.6 Å². The Kier molecular flexibility index (Phi) is 2.47. The van der Waals surface area contributed by atoms with E-state index in [4.69, 9.17) is 10.8 Å². The molecule has 1 aromatic rings. The maximum absolute atomic E-state index is 11.9. The molecular formula is C6H5F3N2O3. The Labute approximate surface area is 75.3 Å². The maximum atomic E-state index is 11.9. The number of rotatable bonds is 2. The van der Waals surface area contributed by atoms with Crippen LogP contribution in [0.15, 0.2) is 10.7 Å². The van der Waals surface area contributed by atoms with Crippen LogP contribution in [0.25, 0.3) is 0 Å². The number of aliphatic carboxylic acids is 1. The molecule has 78 valence electrons. The Bertz CT molecular complexity index is 346. The quantitative estimate of drug-likeness (QED) is 0.752. The number of carboxylic acids is 1. The van der Waals surface area contributed by atoms with E-state index in [-0.39, 0.29) is 0 Å². The molecule has 1 aromatic heterocycles. The number of carboxylic acid groups (broad SMARTS) is 1. The summed E-state index contributed by atoms with van der Waals surface area (Å²) in [5, 5.41) is 8.36. The summed E-state index contributed by atoms with van der Waals surface area (Å²) < 4.78 is 39.8. The molecule has 8 heteroatoms. The Morgan fingerprint density at radius 2 is 2.21 bits per heavy atom. The summed E-state index contributed by atoms with van der Waals surface area (Å²) in [5.74, 6) is -2.99. The van der Waals surface area contributed by atoms with Crippen LogP contribution in [0, 0.1) is 0 Å². The minimum absolute atomic E-state index is 0.468. The molecule has 0 fully saturated rings. The largest absolute Gasteiger partial charge is 0.480 e. The van der Waals surface area contributed by atoms with Crippen molar-refractivity contribution in [1.82, 2.24) is 4.98 Å². The van der Waals surface area contributed by atoms with Gasteiger partial charge >= 0.3 is 18.0 Å². The molecule has 1 heterocycles. The number of nitrogens with zero attached hydrogens (tertiary/aromatic N) is 1. The molecule has 0 amide bonds. The van der Waals surface area contributed by atoms with Gasteiger partial charge in [0.25, 0.3) is 0 Å². The van der Waals surface area contributed by atoms with Crippen molar-refractivity contribution in [3.05, 3.63) is 17.8 Å². The van der Waals surface area contributed by atoms with Crippen molar-refractivity contribution in [1.29, 1.82) is 0 Å². The van der Waals surface area contributed by atoms with Crippen molar-refractivity contribution in [2.24, 2.45) is 5.73 Å². The summed E-state index contributed by atoms with van der Waals surface area (Å²) in [5.41, 5.74) is 4.54. The molecule has 5 nitrogen and oxygen atoms in total. The van der Waals surface area contributed by atoms with Gasteiger partial charge in [-0.1, -0.05) is 0 Å². The summed E-state index contributed by atoms with van der Waals surface area (Å²) in [6.45, 7) is 0. The first-order valence-electron chi connectivity index (χ1n) is 3.33. The highest BCUT2D eigenvalue weighted by molar-refractivity contribution is 5.74. The Morgan fingerprint density at radius 1 is 1.64 bits per heavy atom. The molecule has 0 saturated heterocycles. The smallest absolute Gasteiger partial charge is 0.468 e. The normalized spacial score (nSPS) is 14.0. The minimum atomic E-state index is -4.74. The number of carbonyl (C=O) groups is 1. The predicted molar refractivity (Wildman–Crippen MR) is 36.1 cm³/mol. The first-order valence-corrected chi connectivity index (χ1v) is 3.33. The van der Waals surface area contributed by atoms with Crippen LogP contribution in [0.2, 0.25) is 0 Å². The maximum Gasteiger partial charge on any atom is 0.468 e. The zero-order chi connectivity index (χ0) is 10.9. The number of oxazole rings is 1. The van der Waals surface area contributed by atoms with E-state index >= 15 is 0 Å². The second kappa shape index (κ2) is 3.29. The molecular weight excluding hydrogens is 205 g/mol. The summed E-state index contributed by atoms with van der Waals surface area (Å²) in [7, 11) is 0. The second-order valence-corrected chi connectivity index (χ2v) is 2.39. The van der Waals surface area contributed by atoms with Gasteiger partial charge in [0.2, 0.25) is 0 Å². The Hall–Kier alpha value is -1.57. The van der Waals surface area contributed by atoms with Gasteiger partial charge in [-0.2, -0.15) is 13.2 Å². The van der Waals surface area contributed by atoms with E-state index in [1.54, 1.807) is 0 Å². The van der Waals surface area contributed by atoms with Crippen molar-refractivity contribution < 1.29 is 27.5 Å². The molecule has 1 atom stereocenters. The van der Waals surface area contributed by atoms with Gasteiger partial charge < -0.3 is 15.3 Å². The van der Waals surface area contributed by atoms with Gasteiger partial charge in [-0.05, 0) is 0 Å². The third kappa shape index (κ3) is 2.02. The minimum Gasteiger partial charge on any atom is -0.480 e. The molecule has 0 spiro atoms. The molecule has 3 N–H and O–H groups in total. The first kappa shape index (κ1) is 10.5. The van der Waals surface area contributed by atoms with Crippen LogP contribution in [-0.4, -0.2) is 16.1 Å². The van der Waals surface area contributed by atoms with Crippen molar-refractivity contribution in [3.8, 4) is 0 Å². The molecule has 0 aliphatic heterocycles. The lowest BCUT2D eigenvalue weighted by Gasteiger charge is -2.00. The summed E-state index contributed by atoms with van der Waals surface area (Å²) >= 11 is 0. The Morgan fingerprint density at radius 3 is 2.57 bits per heavy atom. The number of alkyl halides is 3. The summed E-state index contributed by atoms with van der Waals surface area (Å²) in [6, 6.07) is -1.62. The highest BCUT2D eigenvalue weighted by Gasteiger charge is 2.38. The van der Waals surface area contributed by atoms with Gasteiger partial charge in [0.05, 0.1) is 0 Å². The van der Waals surface area contributed by atoms with Gasteiger partial charge in [-0.15, -0.1) is 0 Å². The lowest BCUT2D eigenvalue weighted by atomic mass is 10.2. The molecule has 1 rings (SSSR count). The fourth-order valence-corrected chi connectivity index (χ4v) is 0.686. The monoisotopic (exact) mass is 210 g/mol. The number of hydrogen-bond donors (Lipinski definition) is 2. The highest BCUT2D eigenvalue weighted by atomic mass is 19.4. The number of halogens is 3. The SMILES string of the molecule is NC(C(=O)O)c1coc(C(F)(F)F)n1. The Balaban J connectivity index is 2.94. The third-order valence-corrected chi connectivity index (χ3v) is 1.35. The molecule has 0 aliphatic carbocycles. The molecule has 0 aromatic carbocycles. The van der Waals surface area contributed by atoms with Crippen molar-refractivity contribution in [3.63, 3.8) is 0 Å². The van der Waals surface area contributed by atoms with E-state index in [9.17, 15) is 18.0 Å².